The molecule has 18 heavy (non-hydrogen) atoms. The fourth-order valence-electron chi connectivity index (χ4n) is 3.51. The topological polar surface area (TPSA) is 49.2 Å². The summed E-state index contributed by atoms with van der Waals surface area (Å²) in [7, 11) is 0. The van der Waals surface area contributed by atoms with Crippen molar-refractivity contribution in [2.45, 2.75) is 38.2 Å². The summed E-state index contributed by atoms with van der Waals surface area (Å²) in [6, 6.07) is 1.72. The predicted octanol–water partition coefficient (Wildman–Crippen LogP) is 1.41. The molecule has 0 aromatic carbocycles. The molecule has 2 heterocycles. The van der Waals surface area contributed by atoms with Crippen molar-refractivity contribution in [1.29, 1.82) is 0 Å². The summed E-state index contributed by atoms with van der Waals surface area (Å²) in [6.45, 7) is 3.93. The van der Waals surface area contributed by atoms with Gasteiger partial charge in [0.2, 0.25) is 0 Å². The second-order valence-corrected chi connectivity index (χ2v) is 5.82. The number of rotatable bonds is 1. The van der Waals surface area contributed by atoms with Gasteiger partial charge in [-0.05, 0) is 38.0 Å². The first-order chi connectivity index (χ1) is 8.09. The molecule has 0 unspecified atom stereocenters. The molecule has 1 aliphatic heterocycles. The Labute approximate surface area is 120 Å². The molecule has 1 aromatic heterocycles. The molecule has 3 rings (SSSR count). The summed E-state index contributed by atoms with van der Waals surface area (Å²) in [5, 5.41) is 9.87. The molecular formula is C13H18N3OV-. The van der Waals surface area contributed by atoms with E-state index in [4.69, 9.17) is 0 Å². The minimum absolute atomic E-state index is 0. The minimum Gasteiger partial charge on any atom is -0.394 e. The van der Waals surface area contributed by atoms with Gasteiger partial charge in [0.25, 0.3) is 0 Å². The van der Waals surface area contributed by atoms with E-state index in [1.165, 1.54) is 0 Å². The van der Waals surface area contributed by atoms with Crippen molar-refractivity contribution >= 4 is 5.95 Å². The van der Waals surface area contributed by atoms with Crippen LogP contribution in [0, 0.1) is 11.6 Å². The molecule has 1 N–H and O–H groups in total. The second-order valence-electron chi connectivity index (χ2n) is 5.82. The van der Waals surface area contributed by atoms with Crippen molar-refractivity contribution in [3.63, 3.8) is 0 Å². The molecular weight excluding hydrogens is 265 g/mol. The first kappa shape index (κ1) is 13.8. The zero-order chi connectivity index (χ0) is 11.9. The van der Waals surface area contributed by atoms with Crippen LogP contribution in [-0.2, 0) is 18.6 Å². The van der Waals surface area contributed by atoms with Crippen molar-refractivity contribution in [2.75, 3.05) is 18.0 Å². The monoisotopic (exact) mass is 283 g/mol. The summed E-state index contributed by atoms with van der Waals surface area (Å²) >= 11 is 0. The Kier molecular flexibility index (Phi) is 3.72. The van der Waals surface area contributed by atoms with Crippen molar-refractivity contribution in [3.05, 3.63) is 18.5 Å². The van der Waals surface area contributed by atoms with Gasteiger partial charge >= 0.3 is 0 Å². The van der Waals surface area contributed by atoms with Gasteiger partial charge < -0.3 is 20.0 Å². The molecule has 0 amide bonds. The second kappa shape index (κ2) is 4.84. The third-order valence-corrected chi connectivity index (χ3v) is 4.12. The van der Waals surface area contributed by atoms with Gasteiger partial charge in [-0.15, -0.1) is 6.07 Å². The van der Waals surface area contributed by atoms with E-state index in [2.05, 4.69) is 21.1 Å². The van der Waals surface area contributed by atoms with Crippen LogP contribution in [-0.4, -0.2) is 33.8 Å². The third kappa shape index (κ3) is 2.56. The molecule has 5 heteroatoms. The Morgan fingerprint density at radius 2 is 2.00 bits per heavy atom. The van der Waals surface area contributed by atoms with Crippen LogP contribution in [0.15, 0.2) is 12.3 Å². The zero-order valence-electron chi connectivity index (χ0n) is 10.6. The van der Waals surface area contributed by atoms with Crippen LogP contribution in [0.5, 0.6) is 0 Å². The Bertz CT molecular complexity index is 392. The fourth-order valence-corrected chi connectivity index (χ4v) is 3.51. The van der Waals surface area contributed by atoms with Gasteiger partial charge in [-0.3, -0.25) is 0 Å². The molecule has 0 bridgehead atoms. The van der Waals surface area contributed by atoms with E-state index in [1.54, 1.807) is 12.3 Å². The quantitative estimate of drug-likeness (QED) is 0.792. The maximum Gasteiger partial charge on any atom is 0.108 e. The zero-order valence-corrected chi connectivity index (χ0v) is 12.0. The Morgan fingerprint density at radius 1 is 1.33 bits per heavy atom. The smallest absolute Gasteiger partial charge is 0.108 e. The van der Waals surface area contributed by atoms with Crippen LogP contribution in [0.3, 0.4) is 0 Å². The third-order valence-electron chi connectivity index (χ3n) is 4.12. The number of hydrogen-bond donors (Lipinski definition) is 1. The van der Waals surface area contributed by atoms with Gasteiger partial charge in [0.15, 0.2) is 0 Å². The summed E-state index contributed by atoms with van der Waals surface area (Å²) in [5.41, 5.74) is -0.0301. The maximum absolute atomic E-state index is 9.87. The van der Waals surface area contributed by atoms with Crippen LogP contribution in [0.25, 0.3) is 0 Å². The van der Waals surface area contributed by atoms with Gasteiger partial charge in [-0.25, -0.2) is 0 Å². The van der Waals surface area contributed by atoms with E-state index in [-0.39, 0.29) is 18.6 Å². The Balaban J connectivity index is 0.00000120. The van der Waals surface area contributed by atoms with E-state index >= 15 is 0 Å². The summed E-state index contributed by atoms with van der Waals surface area (Å²) < 4.78 is 0. The first-order valence-corrected chi connectivity index (χ1v) is 6.25. The van der Waals surface area contributed by atoms with Gasteiger partial charge in [-0.2, -0.15) is 0 Å². The van der Waals surface area contributed by atoms with E-state index < -0.39 is 5.60 Å². The molecule has 1 saturated heterocycles. The van der Waals surface area contributed by atoms with Crippen molar-refractivity contribution < 1.29 is 23.7 Å². The molecule has 1 spiro atoms. The molecule has 1 radical (unpaired) electrons. The largest absolute Gasteiger partial charge is 0.394 e. The molecule has 0 atom stereocenters. The number of anilines is 1. The predicted molar refractivity (Wildman–Crippen MR) is 64.6 cm³/mol. The van der Waals surface area contributed by atoms with Crippen molar-refractivity contribution in [2.24, 2.45) is 5.41 Å². The van der Waals surface area contributed by atoms with Gasteiger partial charge in [-0.1, -0.05) is 12.4 Å². The molecule has 97 valence electrons. The Hall–Kier alpha value is -0.576. The standard InChI is InChI=1S/C13H18N3O.V/c1-12(17)9-13(10-12)3-7-16(8-4-13)11-14-5-2-6-15-11;/h2,5,17H,3-4,7-10H2,1H3;/q-1;. The first-order valence-electron chi connectivity index (χ1n) is 6.25. The molecule has 2 fully saturated rings. The van der Waals surface area contributed by atoms with Crippen molar-refractivity contribution in [1.82, 2.24) is 9.97 Å². The number of nitrogens with zero attached hydrogens (tertiary/aromatic N) is 3. The normalized spacial score (nSPS) is 24.2. The number of piperidine rings is 1. The average Bonchev–Trinajstić information content (AvgIpc) is 2.29. The molecule has 1 saturated carbocycles. The maximum atomic E-state index is 9.87. The number of aliphatic hydroxyl groups is 1. The summed E-state index contributed by atoms with van der Waals surface area (Å²) in [6.07, 6.45) is 8.75. The van der Waals surface area contributed by atoms with Crippen LogP contribution in [0.2, 0.25) is 0 Å². The van der Waals surface area contributed by atoms with Gasteiger partial charge in [0.05, 0.1) is 5.60 Å². The molecule has 4 nitrogen and oxygen atoms in total. The molecule has 1 aliphatic carbocycles. The van der Waals surface area contributed by atoms with E-state index in [9.17, 15) is 5.11 Å². The van der Waals surface area contributed by atoms with Crippen LogP contribution in [0.4, 0.5) is 5.95 Å². The molecule has 2 aliphatic rings. The van der Waals surface area contributed by atoms with E-state index in [1.807, 2.05) is 6.92 Å². The molecule has 1 aromatic rings. The van der Waals surface area contributed by atoms with E-state index in [0.29, 0.717) is 5.41 Å². The van der Waals surface area contributed by atoms with E-state index in [0.717, 1.165) is 44.7 Å². The van der Waals surface area contributed by atoms with Gasteiger partial charge in [0.1, 0.15) is 5.95 Å². The number of aromatic nitrogens is 2. The van der Waals surface area contributed by atoms with Crippen LogP contribution < -0.4 is 4.90 Å². The van der Waals surface area contributed by atoms with Crippen molar-refractivity contribution in [3.8, 4) is 0 Å². The van der Waals surface area contributed by atoms with Crippen LogP contribution >= 0.6 is 0 Å². The SMILES string of the molecule is CC1(O)CC2(CCN(c3n[c-]ccn3)CC2)C1.[V]. The van der Waals surface area contributed by atoms with Gasteiger partial charge in [0, 0.05) is 31.6 Å². The fraction of sp³-hybridized carbons (Fsp3) is 0.692. The number of hydrogen-bond acceptors (Lipinski definition) is 4. The average molecular weight is 283 g/mol. The summed E-state index contributed by atoms with van der Waals surface area (Å²) in [4.78, 5) is 10.6. The Morgan fingerprint density at radius 3 is 2.50 bits per heavy atom. The van der Waals surface area contributed by atoms with Crippen LogP contribution in [0.1, 0.15) is 32.6 Å². The summed E-state index contributed by atoms with van der Waals surface area (Å²) in [5.74, 6) is 0.786. The minimum atomic E-state index is -0.417.